The molecule has 90 valence electrons. The topological polar surface area (TPSA) is 63.7 Å². The highest BCUT2D eigenvalue weighted by Crippen LogP contribution is 2.32. The summed E-state index contributed by atoms with van der Waals surface area (Å²) in [6, 6.07) is 0. The van der Waals surface area contributed by atoms with Gasteiger partial charge in [0.05, 0.1) is 0 Å². The van der Waals surface area contributed by atoms with Crippen LogP contribution in [0.25, 0.3) is 4.96 Å². The molecule has 0 unspecified atom stereocenters. The zero-order chi connectivity index (χ0) is 11.8. The minimum atomic E-state index is -0.337. The highest BCUT2D eigenvalue weighted by molar-refractivity contribution is 7.15. The summed E-state index contributed by atoms with van der Waals surface area (Å²) < 4.78 is 1.56. The van der Waals surface area contributed by atoms with E-state index in [-0.39, 0.29) is 10.7 Å². The lowest BCUT2D eigenvalue weighted by atomic mass is 10.1. The second-order valence-electron chi connectivity index (χ2n) is 4.12. The number of rotatable bonds is 2. The van der Waals surface area contributed by atoms with E-state index in [1.165, 1.54) is 17.8 Å². The maximum Gasteiger partial charge on any atom is 0.373 e. The van der Waals surface area contributed by atoms with Gasteiger partial charge in [-0.05, 0) is 24.2 Å². The van der Waals surface area contributed by atoms with E-state index in [1.807, 2.05) is 10.3 Å². The molecule has 0 saturated carbocycles. The lowest BCUT2D eigenvalue weighted by Gasteiger charge is -2.25. The molecular formula is C10H12N4O2S. The van der Waals surface area contributed by atoms with Gasteiger partial charge in [0.25, 0.3) is 4.96 Å². The van der Waals surface area contributed by atoms with Crippen LogP contribution in [0.2, 0.25) is 0 Å². The van der Waals surface area contributed by atoms with Crippen LogP contribution in [-0.2, 0) is 0 Å². The highest BCUT2D eigenvalue weighted by atomic mass is 32.1. The Hall–Kier alpha value is -1.63. The summed E-state index contributed by atoms with van der Waals surface area (Å²) in [5, 5.41) is 13.0. The fourth-order valence-electron chi connectivity index (χ4n) is 2.25. The first kappa shape index (κ1) is 10.5. The van der Waals surface area contributed by atoms with E-state index in [1.54, 1.807) is 10.6 Å². The molecule has 0 N–H and O–H groups in total. The predicted molar refractivity (Wildman–Crippen MR) is 65.8 cm³/mol. The number of nitro groups is 1. The van der Waals surface area contributed by atoms with E-state index in [4.69, 9.17) is 0 Å². The Balaban J connectivity index is 2.10. The minimum absolute atomic E-state index is 0.100. The van der Waals surface area contributed by atoms with E-state index in [0.717, 1.165) is 25.9 Å². The van der Waals surface area contributed by atoms with Gasteiger partial charge in [0.1, 0.15) is 6.20 Å². The second-order valence-corrected chi connectivity index (χ2v) is 4.99. The number of hydrogen-bond acceptors (Lipinski definition) is 5. The van der Waals surface area contributed by atoms with E-state index < -0.39 is 0 Å². The van der Waals surface area contributed by atoms with Crippen LogP contribution in [0.4, 0.5) is 11.6 Å². The SMILES string of the molecule is O=[N+]([O-])c1c(N2CCCCC2)nc2sccn12. The molecule has 0 spiro atoms. The van der Waals surface area contributed by atoms with Crippen LogP contribution in [0.15, 0.2) is 11.6 Å². The van der Waals surface area contributed by atoms with E-state index in [9.17, 15) is 10.1 Å². The molecule has 0 aromatic carbocycles. The number of piperidine rings is 1. The minimum Gasteiger partial charge on any atom is -0.358 e. The van der Waals surface area contributed by atoms with Gasteiger partial charge in [0.15, 0.2) is 0 Å². The molecule has 0 aliphatic carbocycles. The summed E-state index contributed by atoms with van der Waals surface area (Å²) in [7, 11) is 0. The average Bonchev–Trinajstić information content (AvgIpc) is 2.88. The molecule has 1 aliphatic heterocycles. The van der Waals surface area contributed by atoms with Gasteiger partial charge in [-0.15, -0.1) is 0 Å². The second kappa shape index (κ2) is 3.99. The highest BCUT2D eigenvalue weighted by Gasteiger charge is 2.28. The van der Waals surface area contributed by atoms with Crippen molar-refractivity contribution in [3.05, 3.63) is 21.7 Å². The van der Waals surface area contributed by atoms with Crippen molar-refractivity contribution >= 4 is 27.9 Å². The van der Waals surface area contributed by atoms with Gasteiger partial charge >= 0.3 is 5.82 Å². The molecule has 0 radical (unpaired) electrons. The number of aromatic nitrogens is 2. The molecule has 0 bridgehead atoms. The zero-order valence-electron chi connectivity index (χ0n) is 9.20. The first-order valence-corrected chi connectivity index (χ1v) is 6.50. The van der Waals surface area contributed by atoms with Gasteiger partial charge in [0.2, 0.25) is 5.82 Å². The molecule has 2 aromatic heterocycles. The molecule has 3 rings (SSSR count). The predicted octanol–water partition coefficient (Wildman–Crippen LogP) is 2.29. The third kappa shape index (κ3) is 1.66. The maximum atomic E-state index is 11.2. The van der Waals surface area contributed by atoms with Crippen molar-refractivity contribution in [3.63, 3.8) is 0 Å². The normalized spacial score (nSPS) is 16.6. The fraction of sp³-hybridized carbons (Fsp3) is 0.500. The molecule has 2 aromatic rings. The Labute approximate surface area is 102 Å². The van der Waals surface area contributed by atoms with Crippen molar-refractivity contribution in [2.24, 2.45) is 0 Å². The van der Waals surface area contributed by atoms with Crippen LogP contribution >= 0.6 is 11.3 Å². The zero-order valence-corrected chi connectivity index (χ0v) is 10.0. The smallest absolute Gasteiger partial charge is 0.358 e. The average molecular weight is 252 g/mol. The Morgan fingerprint density at radius 3 is 2.82 bits per heavy atom. The van der Waals surface area contributed by atoms with Crippen LogP contribution in [0.1, 0.15) is 19.3 Å². The molecule has 0 atom stereocenters. The molecule has 1 aliphatic rings. The van der Waals surface area contributed by atoms with Crippen molar-refractivity contribution in [2.45, 2.75) is 19.3 Å². The summed E-state index contributed by atoms with van der Waals surface area (Å²) in [5.41, 5.74) is 0. The van der Waals surface area contributed by atoms with E-state index >= 15 is 0 Å². The van der Waals surface area contributed by atoms with Gasteiger partial charge in [-0.25, -0.2) is 0 Å². The first-order valence-electron chi connectivity index (χ1n) is 5.62. The van der Waals surface area contributed by atoms with Crippen molar-refractivity contribution in [2.75, 3.05) is 18.0 Å². The van der Waals surface area contributed by atoms with Gasteiger partial charge in [0, 0.05) is 18.5 Å². The summed E-state index contributed by atoms with van der Waals surface area (Å²) in [5.74, 6) is 0.629. The lowest BCUT2D eigenvalue weighted by molar-refractivity contribution is -0.389. The summed E-state index contributed by atoms with van der Waals surface area (Å²) in [4.78, 5) is 17.9. The molecule has 0 amide bonds. The molecule has 17 heavy (non-hydrogen) atoms. The number of imidazole rings is 1. The Morgan fingerprint density at radius 2 is 2.12 bits per heavy atom. The van der Waals surface area contributed by atoms with E-state index in [2.05, 4.69) is 4.98 Å². The fourth-order valence-corrected chi connectivity index (χ4v) is 2.95. The number of anilines is 1. The number of hydrogen-bond donors (Lipinski definition) is 0. The van der Waals surface area contributed by atoms with Gasteiger partial charge in [-0.3, -0.25) is 0 Å². The summed E-state index contributed by atoms with van der Waals surface area (Å²) in [6.07, 6.45) is 5.08. The van der Waals surface area contributed by atoms with Crippen LogP contribution in [-0.4, -0.2) is 27.4 Å². The largest absolute Gasteiger partial charge is 0.373 e. The Bertz CT molecular complexity index is 556. The molecule has 6 nitrogen and oxygen atoms in total. The lowest BCUT2D eigenvalue weighted by Crippen LogP contribution is -2.30. The number of thiazole rings is 1. The quantitative estimate of drug-likeness (QED) is 0.607. The summed E-state index contributed by atoms with van der Waals surface area (Å²) in [6.45, 7) is 1.73. The third-order valence-corrected chi connectivity index (χ3v) is 3.80. The van der Waals surface area contributed by atoms with Crippen molar-refractivity contribution < 1.29 is 4.92 Å². The van der Waals surface area contributed by atoms with Crippen molar-refractivity contribution in [3.8, 4) is 0 Å². The van der Waals surface area contributed by atoms with Crippen LogP contribution < -0.4 is 4.90 Å². The van der Waals surface area contributed by atoms with Gasteiger partial charge < -0.3 is 15.0 Å². The first-order chi connectivity index (χ1) is 8.27. The van der Waals surface area contributed by atoms with Crippen LogP contribution in [0.3, 0.4) is 0 Å². The summed E-state index contributed by atoms with van der Waals surface area (Å²) >= 11 is 1.42. The third-order valence-electron chi connectivity index (χ3n) is 3.05. The molecular weight excluding hydrogens is 240 g/mol. The van der Waals surface area contributed by atoms with E-state index in [0.29, 0.717) is 10.8 Å². The molecule has 7 heteroatoms. The molecule has 1 fully saturated rings. The number of fused-ring (bicyclic) bond motifs is 1. The standard InChI is InChI=1S/C10H12N4O2S/c15-14(16)9-8(12-4-2-1-3-5-12)11-10-13(9)6-7-17-10/h6-7H,1-5H2. The van der Waals surface area contributed by atoms with Crippen molar-refractivity contribution in [1.29, 1.82) is 0 Å². The van der Waals surface area contributed by atoms with Crippen LogP contribution in [0, 0.1) is 10.1 Å². The Morgan fingerprint density at radius 1 is 1.35 bits per heavy atom. The monoisotopic (exact) mass is 252 g/mol. The molecule has 3 heterocycles. The van der Waals surface area contributed by atoms with Crippen molar-refractivity contribution in [1.82, 2.24) is 9.38 Å². The maximum absolute atomic E-state index is 11.2. The van der Waals surface area contributed by atoms with Crippen LogP contribution in [0.5, 0.6) is 0 Å². The molecule has 1 saturated heterocycles. The van der Waals surface area contributed by atoms with Gasteiger partial charge in [-0.2, -0.15) is 9.38 Å². The Kier molecular flexibility index (Phi) is 2.47. The number of nitrogens with zero attached hydrogens (tertiary/aromatic N) is 4. The van der Waals surface area contributed by atoms with Gasteiger partial charge in [-0.1, -0.05) is 11.3 Å².